The summed E-state index contributed by atoms with van der Waals surface area (Å²) in [6.45, 7) is 0. The van der Waals surface area contributed by atoms with Gasteiger partial charge in [-0.25, -0.2) is 0 Å². The minimum absolute atomic E-state index is 0. The standard InChI is InChI=1S/C13H14N2.2BrH.Pt/c1-3-10-14-12(6-1)8-5-9-13-7-2-4-11-15-13;;;/h1-4,6-7,10-11H,5,8-9H2;2*1H;/q;;;+2/p-2. The first-order chi connectivity index (χ1) is 7.45. The number of aromatic nitrogens is 2. The van der Waals surface area contributed by atoms with E-state index in [-0.39, 0.29) is 55.0 Å². The van der Waals surface area contributed by atoms with Crippen LogP contribution in [-0.2, 0) is 33.9 Å². The molecule has 0 N–H and O–H groups in total. The molecule has 2 heterocycles. The molecular formula is C13H14Br2N2Pt. The topological polar surface area (TPSA) is 25.8 Å². The molecular weight excluding hydrogens is 539 g/mol. The second-order valence-electron chi connectivity index (χ2n) is 3.50. The maximum Gasteiger partial charge on any atom is 2.00 e. The largest absolute Gasteiger partial charge is 2.00 e. The molecule has 0 radical (unpaired) electrons. The summed E-state index contributed by atoms with van der Waals surface area (Å²) in [5, 5.41) is 0. The Morgan fingerprint density at radius 3 is 1.50 bits per heavy atom. The van der Waals surface area contributed by atoms with Crippen LogP contribution in [0.3, 0.4) is 0 Å². The molecule has 0 aliphatic carbocycles. The quantitative estimate of drug-likeness (QED) is 0.396. The van der Waals surface area contributed by atoms with Crippen LogP contribution >= 0.6 is 0 Å². The van der Waals surface area contributed by atoms with Crippen LogP contribution in [0.4, 0.5) is 0 Å². The molecule has 2 aromatic rings. The minimum atomic E-state index is 0. The molecule has 0 aliphatic rings. The third-order valence-electron chi connectivity index (χ3n) is 2.32. The zero-order valence-corrected chi connectivity index (χ0v) is 15.2. The Labute approximate surface area is 143 Å². The van der Waals surface area contributed by atoms with E-state index in [1.54, 1.807) is 0 Å². The van der Waals surface area contributed by atoms with Crippen LogP contribution in [0.15, 0.2) is 48.8 Å². The number of aryl methyl sites for hydroxylation is 2. The molecule has 2 nitrogen and oxygen atoms in total. The molecule has 0 spiro atoms. The van der Waals surface area contributed by atoms with Gasteiger partial charge in [0.15, 0.2) is 0 Å². The van der Waals surface area contributed by atoms with Gasteiger partial charge in [-0.15, -0.1) is 0 Å². The van der Waals surface area contributed by atoms with E-state index in [1.807, 2.05) is 36.7 Å². The first-order valence-electron chi connectivity index (χ1n) is 5.25. The molecule has 0 aliphatic heterocycles. The van der Waals surface area contributed by atoms with Crippen LogP contribution in [-0.4, -0.2) is 9.97 Å². The number of hydrogen-bond acceptors (Lipinski definition) is 2. The average molecular weight is 553 g/mol. The molecule has 5 heteroatoms. The van der Waals surface area contributed by atoms with Crippen LogP contribution in [0.2, 0.25) is 0 Å². The smallest absolute Gasteiger partial charge is 1.00 e. The van der Waals surface area contributed by atoms with E-state index in [1.165, 1.54) is 0 Å². The van der Waals surface area contributed by atoms with E-state index >= 15 is 0 Å². The number of hydrogen-bond donors (Lipinski definition) is 0. The van der Waals surface area contributed by atoms with Gasteiger partial charge in [0.1, 0.15) is 0 Å². The molecule has 2 rings (SSSR count). The molecule has 18 heavy (non-hydrogen) atoms. The minimum Gasteiger partial charge on any atom is -1.00 e. The zero-order valence-electron chi connectivity index (χ0n) is 9.71. The molecule has 0 fully saturated rings. The van der Waals surface area contributed by atoms with Gasteiger partial charge >= 0.3 is 21.1 Å². The summed E-state index contributed by atoms with van der Waals surface area (Å²) in [6, 6.07) is 12.1. The monoisotopic (exact) mass is 551 g/mol. The van der Waals surface area contributed by atoms with E-state index in [2.05, 4.69) is 22.1 Å². The van der Waals surface area contributed by atoms with Crippen molar-refractivity contribution in [1.29, 1.82) is 0 Å². The number of pyridine rings is 2. The first kappa shape index (κ1) is 20.3. The van der Waals surface area contributed by atoms with Crippen LogP contribution in [0.1, 0.15) is 17.8 Å². The molecule has 2 aromatic heterocycles. The van der Waals surface area contributed by atoms with Crippen LogP contribution in [0.5, 0.6) is 0 Å². The zero-order chi connectivity index (χ0) is 10.3. The van der Waals surface area contributed by atoms with E-state index in [0.29, 0.717) is 0 Å². The van der Waals surface area contributed by atoms with Gasteiger partial charge in [-0.2, -0.15) is 0 Å². The van der Waals surface area contributed by atoms with Crippen molar-refractivity contribution in [2.75, 3.05) is 0 Å². The maximum atomic E-state index is 4.29. The summed E-state index contributed by atoms with van der Waals surface area (Å²) in [4.78, 5) is 8.58. The van der Waals surface area contributed by atoms with Crippen LogP contribution < -0.4 is 34.0 Å². The van der Waals surface area contributed by atoms with Crippen molar-refractivity contribution in [3.63, 3.8) is 0 Å². The summed E-state index contributed by atoms with van der Waals surface area (Å²) in [5.41, 5.74) is 2.32. The third-order valence-corrected chi connectivity index (χ3v) is 2.32. The van der Waals surface area contributed by atoms with Crippen LogP contribution in [0.25, 0.3) is 0 Å². The number of rotatable bonds is 4. The van der Waals surface area contributed by atoms with Gasteiger partial charge in [0.25, 0.3) is 0 Å². The second-order valence-corrected chi connectivity index (χ2v) is 3.50. The van der Waals surface area contributed by atoms with Gasteiger partial charge in [-0.05, 0) is 43.5 Å². The Hall–Kier alpha value is -0.0517. The summed E-state index contributed by atoms with van der Waals surface area (Å²) in [7, 11) is 0. The SMILES string of the molecule is [Br-].[Br-].[Pt+2].c1ccc(CCCc2ccccn2)nc1. The molecule has 0 saturated carbocycles. The van der Waals surface area contributed by atoms with E-state index in [0.717, 1.165) is 30.7 Å². The van der Waals surface area contributed by atoms with E-state index in [9.17, 15) is 0 Å². The van der Waals surface area contributed by atoms with E-state index in [4.69, 9.17) is 0 Å². The average Bonchev–Trinajstić information content (AvgIpc) is 2.32. The predicted octanol–water partition coefficient (Wildman–Crippen LogP) is -3.34. The van der Waals surface area contributed by atoms with Gasteiger partial charge in [0.2, 0.25) is 0 Å². The summed E-state index contributed by atoms with van der Waals surface area (Å²) in [6.07, 6.45) is 6.84. The van der Waals surface area contributed by atoms with Crippen molar-refractivity contribution in [3.8, 4) is 0 Å². The Kier molecular flexibility index (Phi) is 13.5. The maximum absolute atomic E-state index is 4.29. The van der Waals surface area contributed by atoms with Gasteiger partial charge < -0.3 is 34.0 Å². The Bertz CT molecular complexity index is 359. The summed E-state index contributed by atoms with van der Waals surface area (Å²) >= 11 is 0. The molecule has 0 bridgehead atoms. The van der Waals surface area contributed by atoms with Gasteiger partial charge in [0, 0.05) is 23.8 Å². The van der Waals surface area contributed by atoms with E-state index < -0.39 is 0 Å². The van der Waals surface area contributed by atoms with Crippen molar-refractivity contribution < 1.29 is 55.0 Å². The Morgan fingerprint density at radius 2 is 1.17 bits per heavy atom. The molecule has 0 amide bonds. The fourth-order valence-corrected chi connectivity index (χ4v) is 1.54. The Morgan fingerprint density at radius 1 is 0.722 bits per heavy atom. The fraction of sp³-hybridized carbons (Fsp3) is 0.231. The third kappa shape index (κ3) is 7.40. The Balaban J connectivity index is 0. The van der Waals surface area contributed by atoms with Crippen molar-refractivity contribution in [1.82, 2.24) is 9.97 Å². The van der Waals surface area contributed by atoms with Crippen molar-refractivity contribution >= 4 is 0 Å². The van der Waals surface area contributed by atoms with Crippen molar-refractivity contribution in [2.45, 2.75) is 19.3 Å². The number of halogens is 2. The molecule has 0 saturated heterocycles. The summed E-state index contributed by atoms with van der Waals surface area (Å²) < 4.78 is 0. The second kappa shape index (κ2) is 12.0. The number of nitrogens with zero attached hydrogens (tertiary/aromatic N) is 2. The van der Waals surface area contributed by atoms with Crippen molar-refractivity contribution in [2.24, 2.45) is 0 Å². The molecule has 100 valence electrons. The van der Waals surface area contributed by atoms with Gasteiger partial charge in [-0.1, -0.05) is 12.1 Å². The molecule has 0 unspecified atom stereocenters. The fourth-order valence-electron chi connectivity index (χ4n) is 1.54. The van der Waals surface area contributed by atoms with Crippen LogP contribution in [0, 0.1) is 0 Å². The molecule has 0 aromatic carbocycles. The van der Waals surface area contributed by atoms with Gasteiger partial charge in [0.05, 0.1) is 0 Å². The first-order valence-corrected chi connectivity index (χ1v) is 5.25. The van der Waals surface area contributed by atoms with Crippen molar-refractivity contribution in [3.05, 3.63) is 60.2 Å². The normalized spacial score (nSPS) is 8.44. The summed E-state index contributed by atoms with van der Waals surface area (Å²) in [5.74, 6) is 0. The van der Waals surface area contributed by atoms with Gasteiger partial charge in [-0.3, -0.25) is 9.97 Å². The predicted molar refractivity (Wildman–Crippen MR) is 60.5 cm³/mol. The molecule has 0 atom stereocenters.